The van der Waals surface area contributed by atoms with E-state index in [2.05, 4.69) is 0 Å². The normalized spacial score (nSPS) is 24.1. The van der Waals surface area contributed by atoms with Gasteiger partial charge in [0.15, 0.2) is 0 Å². The number of hydrogen-bond donors (Lipinski definition) is 1. The number of ether oxygens (including phenoxy) is 1. The molecular formula is C15H23NO4S. The van der Waals surface area contributed by atoms with Crippen molar-refractivity contribution in [1.82, 2.24) is 4.31 Å². The zero-order valence-corrected chi connectivity index (χ0v) is 13.3. The minimum Gasteiger partial charge on any atom is -0.392 e. The summed E-state index contributed by atoms with van der Waals surface area (Å²) in [5.41, 5.74) is 1.52. The molecule has 2 atom stereocenters. The molecule has 118 valence electrons. The summed E-state index contributed by atoms with van der Waals surface area (Å²) in [6.07, 6.45) is 0.675. The highest BCUT2D eigenvalue weighted by Gasteiger charge is 2.34. The number of sulfonamides is 1. The average Bonchev–Trinajstić information content (AvgIpc) is 2.47. The van der Waals surface area contributed by atoms with Crippen LogP contribution in [0.3, 0.4) is 0 Å². The fraction of sp³-hybridized carbons (Fsp3) is 0.600. The summed E-state index contributed by atoms with van der Waals surface area (Å²) < 4.78 is 32.4. The first kappa shape index (κ1) is 16.4. The monoisotopic (exact) mass is 313 g/mol. The molecule has 1 aromatic rings. The molecule has 0 bridgehead atoms. The zero-order valence-electron chi connectivity index (χ0n) is 12.5. The van der Waals surface area contributed by atoms with E-state index < -0.39 is 10.0 Å². The van der Waals surface area contributed by atoms with Crippen LogP contribution in [0.15, 0.2) is 24.3 Å². The molecule has 2 rings (SSSR count). The van der Waals surface area contributed by atoms with Gasteiger partial charge in [-0.1, -0.05) is 31.2 Å². The van der Waals surface area contributed by atoms with Crippen molar-refractivity contribution in [2.75, 3.05) is 13.2 Å². The van der Waals surface area contributed by atoms with Crippen LogP contribution in [0.2, 0.25) is 0 Å². The van der Waals surface area contributed by atoms with Gasteiger partial charge in [0.05, 0.1) is 25.1 Å². The Morgan fingerprint density at radius 2 is 1.90 bits per heavy atom. The van der Waals surface area contributed by atoms with Gasteiger partial charge in [-0.3, -0.25) is 0 Å². The molecule has 0 radical (unpaired) electrons. The molecule has 0 aromatic heterocycles. The first-order chi connectivity index (χ1) is 9.96. The second-order valence-electron chi connectivity index (χ2n) is 5.51. The first-order valence-electron chi connectivity index (χ1n) is 7.26. The maximum absolute atomic E-state index is 12.6. The standard InChI is InChI=1S/C15H23NO4S/c1-3-15-10-20-12(2)8-16(15)21(18,19)11-14-6-4-13(9-17)5-7-14/h4-7,12,15,17H,3,8-11H2,1-2H3. The fourth-order valence-corrected chi connectivity index (χ4v) is 4.39. The minimum absolute atomic E-state index is 0.0120. The highest BCUT2D eigenvalue weighted by Crippen LogP contribution is 2.21. The van der Waals surface area contributed by atoms with Crippen LogP contribution < -0.4 is 0 Å². The largest absolute Gasteiger partial charge is 0.392 e. The van der Waals surface area contributed by atoms with Crippen molar-refractivity contribution in [3.63, 3.8) is 0 Å². The van der Waals surface area contributed by atoms with Gasteiger partial charge in [-0.15, -0.1) is 0 Å². The van der Waals surface area contributed by atoms with Gasteiger partial charge in [0.25, 0.3) is 0 Å². The predicted octanol–water partition coefficient (Wildman–Crippen LogP) is 1.51. The lowest BCUT2D eigenvalue weighted by Gasteiger charge is -2.37. The Hall–Kier alpha value is -0.950. The van der Waals surface area contributed by atoms with Crippen LogP contribution in [0.4, 0.5) is 0 Å². The quantitative estimate of drug-likeness (QED) is 0.895. The van der Waals surface area contributed by atoms with Gasteiger partial charge in [-0.05, 0) is 24.5 Å². The number of benzene rings is 1. The molecule has 21 heavy (non-hydrogen) atoms. The van der Waals surface area contributed by atoms with Crippen LogP contribution in [-0.2, 0) is 27.1 Å². The van der Waals surface area contributed by atoms with Gasteiger partial charge < -0.3 is 9.84 Å². The molecule has 0 saturated carbocycles. The first-order valence-corrected chi connectivity index (χ1v) is 8.87. The highest BCUT2D eigenvalue weighted by molar-refractivity contribution is 7.88. The maximum Gasteiger partial charge on any atom is 0.218 e. The van der Waals surface area contributed by atoms with Crippen molar-refractivity contribution in [2.45, 2.75) is 44.8 Å². The van der Waals surface area contributed by atoms with E-state index in [9.17, 15) is 8.42 Å². The van der Waals surface area contributed by atoms with E-state index in [4.69, 9.17) is 9.84 Å². The second-order valence-corrected chi connectivity index (χ2v) is 7.43. The molecule has 5 nitrogen and oxygen atoms in total. The van der Waals surface area contributed by atoms with Crippen molar-refractivity contribution in [1.29, 1.82) is 0 Å². The molecule has 1 heterocycles. The Balaban J connectivity index is 2.15. The molecule has 1 aromatic carbocycles. The van der Waals surface area contributed by atoms with Gasteiger partial charge in [-0.2, -0.15) is 4.31 Å². The summed E-state index contributed by atoms with van der Waals surface area (Å²) in [7, 11) is -3.36. The van der Waals surface area contributed by atoms with Crippen LogP contribution in [0, 0.1) is 0 Å². The Kier molecular flexibility index (Phi) is 5.37. The minimum atomic E-state index is -3.36. The summed E-state index contributed by atoms with van der Waals surface area (Å²) in [6.45, 7) is 4.70. The number of nitrogens with zero attached hydrogens (tertiary/aromatic N) is 1. The third kappa shape index (κ3) is 4.03. The summed E-state index contributed by atoms with van der Waals surface area (Å²) in [5, 5.41) is 9.02. The number of morpholine rings is 1. The van der Waals surface area contributed by atoms with Gasteiger partial charge >= 0.3 is 0 Å². The van der Waals surface area contributed by atoms with Crippen molar-refractivity contribution in [2.24, 2.45) is 0 Å². The Bertz CT molecular complexity index is 556. The molecule has 0 amide bonds. The number of aliphatic hydroxyl groups is 1. The Morgan fingerprint density at radius 3 is 2.48 bits per heavy atom. The fourth-order valence-electron chi connectivity index (χ4n) is 2.51. The van der Waals surface area contributed by atoms with E-state index in [0.29, 0.717) is 13.2 Å². The average molecular weight is 313 g/mol. The van der Waals surface area contributed by atoms with Gasteiger partial charge in [0, 0.05) is 12.6 Å². The van der Waals surface area contributed by atoms with Crippen LogP contribution >= 0.6 is 0 Å². The van der Waals surface area contributed by atoms with Gasteiger partial charge in [0.2, 0.25) is 10.0 Å². The number of aliphatic hydroxyl groups excluding tert-OH is 1. The molecule has 2 unspecified atom stereocenters. The SMILES string of the molecule is CCC1COC(C)CN1S(=O)(=O)Cc1ccc(CO)cc1. The third-order valence-corrected chi connectivity index (χ3v) is 5.66. The zero-order chi connectivity index (χ0) is 15.5. The lowest BCUT2D eigenvalue weighted by Crippen LogP contribution is -2.51. The van der Waals surface area contributed by atoms with Gasteiger partial charge in [0.1, 0.15) is 0 Å². The molecule has 1 N–H and O–H groups in total. The third-order valence-electron chi connectivity index (χ3n) is 3.80. The molecule has 1 aliphatic rings. The molecule has 0 aliphatic carbocycles. The van der Waals surface area contributed by atoms with E-state index in [-0.39, 0.29) is 24.5 Å². The summed E-state index contributed by atoms with van der Waals surface area (Å²) in [4.78, 5) is 0. The van der Waals surface area contributed by atoms with E-state index in [1.807, 2.05) is 13.8 Å². The van der Waals surface area contributed by atoms with E-state index in [1.54, 1.807) is 28.6 Å². The highest BCUT2D eigenvalue weighted by atomic mass is 32.2. The van der Waals surface area contributed by atoms with Crippen molar-refractivity contribution in [3.8, 4) is 0 Å². The Morgan fingerprint density at radius 1 is 1.29 bits per heavy atom. The lowest BCUT2D eigenvalue weighted by molar-refractivity contribution is -0.0231. The second kappa shape index (κ2) is 6.87. The molecular weight excluding hydrogens is 290 g/mol. The molecule has 6 heteroatoms. The summed E-state index contributed by atoms with van der Waals surface area (Å²) >= 11 is 0. The number of hydrogen-bond acceptors (Lipinski definition) is 4. The summed E-state index contributed by atoms with van der Waals surface area (Å²) in [5.74, 6) is -0.0120. The predicted molar refractivity (Wildman–Crippen MR) is 81.2 cm³/mol. The van der Waals surface area contributed by atoms with Gasteiger partial charge in [-0.25, -0.2) is 8.42 Å². The molecule has 0 spiro atoms. The topological polar surface area (TPSA) is 66.8 Å². The van der Waals surface area contributed by atoms with Crippen LogP contribution in [-0.4, -0.2) is 43.1 Å². The van der Waals surface area contributed by atoms with Crippen LogP contribution in [0.1, 0.15) is 31.4 Å². The lowest BCUT2D eigenvalue weighted by atomic mass is 10.2. The van der Waals surface area contributed by atoms with Crippen LogP contribution in [0.5, 0.6) is 0 Å². The summed E-state index contributed by atoms with van der Waals surface area (Å²) in [6, 6.07) is 6.94. The molecule has 1 aliphatic heterocycles. The van der Waals surface area contributed by atoms with E-state index >= 15 is 0 Å². The number of rotatable bonds is 5. The molecule has 1 fully saturated rings. The maximum atomic E-state index is 12.6. The Labute approximate surface area is 126 Å². The molecule has 1 saturated heterocycles. The smallest absolute Gasteiger partial charge is 0.218 e. The van der Waals surface area contributed by atoms with E-state index in [0.717, 1.165) is 17.5 Å². The van der Waals surface area contributed by atoms with Crippen LogP contribution in [0.25, 0.3) is 0 Å². The van der Waals surface area contributed by atoms with Crippen molar-refractivity contribution < 1.29 is 18.3 Å². The van der Waals surface area contributed by atoms with Crippen molar-refractivity contribution in [3.05, 3.63) is 35.4 Å². The van der Waals surface area contributed by atoms with E-state index in [1.165, 1.54) is 0 Å². The van der Waals surface area contributed by atoms with Crippen molar-refractivity contribution >= 4 is 10.0 Å².